The lowest BCUT2D eigenvalue weighted by Gasteiger charge is -2.28. The van der Waals surface area contributed by atoms with Gasteiger partial charge in [-0.1, -0.05) is 13.0 Å². The van der Waals surface area contributed by atoms with E-state index in [1.807, 2.05) is 6.20 Å². The Morgan fingerprint density at radius 1 is 1.32 bits per heavy atom. The monoisotopic (exact) mass is 257 g/mol. The summed E-state index contributed by atoms with van der Waals surface area (Å²) in [6, 6.07) is 7.71. The maximum absolute atomic E-state index is 4.49. The number of nitrogens with one attached hydrogen (secondary N) is 1. The third-order valence-corrected chi connectivity index (χ3v) is 4.17. The van der Waals surface area contributed by atoms with Crippen molar-refractivity contribution in [3.63, 3.8) is 0 Å². The van der Waals surface area contributed by atoms with Gasteiger partial charge in [0.1, 0.15) is 0 Å². The van der Waals surface area contributed by atoms with Crippen LogP contribution in [0.2, 0.25) is 0 Å². The van der Waals surface area contributed by atoms with Gasteiger partial charge in [-0.25, -0.2) is 0 Å². The first-order valence-corrected chi connectivity index (χ1v) is 7.35. The third kappa shape index (κ3) is 2.39. The first-order valence-electron chi connectivity index (χ1n) is 7.35. The highest BCUT2D eigenvalue weighted by Crippen LogP contribution is 2.28. The number of rotatable bonds is 2. The standard InChI is InChI=1S/C16H23N3/c1-11(2)19-16-7-5-13(8-14(16)10-18-19)15-6-4-12(3)9-17-15/h5,7-8,10-12,15,17H,4,6,9H2,1-3H3/t12-,15+/m0/s1. The fourth-order valence-corrected chi connectivity index (χ4v) is 2.98. The zero-order valence-electron chi connectivity index (χ0n) is 12.1. The zero-order valence-corrected chi connectivity index (χ0v) is 12.1. The van der Waals surface area contributed by atoms with Crippen molar-refractivity contribution < 1.29 is 0 Å². The van der Waals surface area contributed by atoms with Gasteiger partial charge in [0.25, 0.3) is 0 Å². The molecule has 0 saturated carbocycles. The molecule has 3 nitrogen and oxygen atoms in total. The van der Waals surface area contributed by atoms with Gasteiger partial charge in [-0.2, -0.15) is 5.10 Å². The van der Waals surface area contributed by atoms with Crippen LogP contribution in [0.25, 0.3) is 10.9 Å². The summed E-state index contributed by atoms with van der Waals surface area (Å²) in [7, 11) is 0. The van der Waals surface area contributed by atoms with Gasteiger partial charge in [-0.05, 0) is 56.8 Å². The molecule has 0 spiro atoms. The average Bonchev–Trinajstić information content (AvgIpc) is 2.82. The molecule has 2 heterocycles. The van der Waals surface area contributed by atoms with Crippen LogP contribution in [0, 0.1) is 5.92 Å². The van der Waals surface area contributed by atoms with Crippen molar-refractivity contribution in [1.82, 2.24) is 15.1 Å². The number of benzene rings is 1. The molecule has 0 aliphatic carbocycles. The Kier molecular flexibility index (Phi) is 3.31. The Morgan fingerprint density at radius 2 is 2.16 bits per heavy atom. The Labute approximate surface area is 115 Å². The number of aromatic nitrogens is 2. The average molecular weight is 257 g/mol. The molecule has 1 aromatic carbocycles. The first kappa shape index (κ1) is 12.7. The summed E-state index contributed by atoms with van der Waals surface area (Å²) >= 11 is 0. The van der Waals surface area contributed by atoms with Crippen molar-refractivity contribution in [2.75, 3.05) is 6.54 Å². The number of nitrogens with zero attached hydrogens (tertiary/aromatic N) is 2. The minimum atomic E-state index is 0.414. The van der Waals surface area contributed by atoms with Crippen molar-refractivity contribution in [2.45, 2.75) is 45.7 Å². The van der Waals surface area contributed by atoms with E-state index in [4.69, 9.17) is 0 Å². The summed E-state index contributed by atoms with van der Waals surface area (Å²) in [4.78, 5) is 0. The minimum Gasteiger partial charge on any atom is -0.310 e. The molecule has 2 atom stereocenters. The van der Waals surface area contributed by atoms with E-state index < -0.39 is 0 Å². The predicted molar refractivity (Wildman–Crippen MR) is 79.3 cm³/mol. The van der Waals surface area contributed by atoms with E-state index in [1.54, 1.807) is 0 Å². The Bertz CT molecular complexity index is 562. The van der Waals surface area contributed by atoms with Crippen molar-refractivity contribution in [1.29, 1.82) is 0 Å². The van der Waals surface area contributed by atoms with Crippen LogP contribution in [0.1, 0.15) is 51.3 Å². The fourth-order valence-electron chi connectivity index (χ4n) is 2.98. The first-order chi connectivity index (χ1) is 9.15. The highest BCUT2D eigenvalue weighted by molar-refractivity contribution is 5.79. The largest absolute Gasteiger partial charge is 0.310 e. The van der Waals surface area contributed by atoms with E-state index in [1.165, 1.54) is 29.3 Å². The molecule has 1 N–H and O–H groups in total. The number of fused-ring (bicyclic) bond motifs is 1. The minimum absolute atomic E-state index is 0.414. The molecule has 0 radical (unpaired) electrons. The van der Waals surface area contributed by atoms with Gasteiger partial charge >= 0.3 is 0 Å². The second-order valence-electron chi connectivity index (χ2n) is 6.14. The molecule has 1 aromatic heterocycles. The van der Waals surface area contributed by atoms with Crippen molar-refractivity contribution in [3.8, 4) is 0 Å². The Hall–Kier alpha value is -1.35. The van der Waals surface area contributed by atoms with E-state index >= 15 is 0 Å². The van der Waals surface area contributed by atoms with Crippen LogP contribution in [0.5, 0.6) is 0 Å². The normalized spacial score (nSPS) is 24.2. The molecule has 19 heavy (non-hydrogen) atoms. The van der Waals surface area contributed by atoms with Crippen LogP contribution in [-0.4, -0.2) is 16.3 Å². The van der Waals surface area contributed by atoms with Gasteiger partial charge in [0.05, 0.1) is 11.7 Å². The van der Waals surface area contributed by atoms with Gasteiger partial charge in [0.15, 0.2) is 0 Å². The third-order valence-electron chi connectivity index (χ3n) is 4.17. The maximum atomic E-state index is 4.49. The molecule has 1 fully saturated rings. The quantitative estimate of drug-likeness (QED) is 0.889. The lowest BCUT2D eigenvalue weighted by molar-refractivity contribution is 0.333. The van der Waals surface area contributed by atoms with E-state index in [0.717, 1.165) is 12.5 Å². The molecule has 2 aromatic rings. The SMILES string of the molecule is CC(C)n1ncc2cc([C@H]3CC[C@H](C)CN3)ccc21. The zero-order chi connectivity index (χ0) is 13.4. The van der Waals surface area contributed by atoms with Gasteiger partial charge in [-0.15, -0.1) is 0 Å². The summed E-state index contributed by atoms with van der Waals surface area (Å²) in [5, 5.41) is 9.40. The maximum Gasteiger partial charge on any atom is 0.0685 e. The molecular weight excluding hydrogens is 234 g/mol. The smallest absolute Gasteiger partial charge is 0.0685 e. The van der Waals surface area contributed by atoms with Crippen LogP contribution in [-0.2, 0) is 0 Å². The summed E-state index contributed by atoms with van der Waals surface area (Å²) in [6.45, 7) is 7.79. The number of hydrogen-bond acceptors (Lipinski definition) is 2. The predicted octanol–water partition coefficient (Wildman–Crippen LogP) is 3.68. The second-order valence-corrected chi connectivity index (χ2v) is 6.14. The highest BCUT2D eigenvalue weighted by Gasteiger charge is 2.19. The number of piperidine rings is 1. The fraction of sp³-hybridized carbons (Fsp3) is 0.562. The molecule has 1 saturated heterocycles. The topological polar surface area (TPSA) is 29.9 Å². The van der Waals surface area contributed by atoms with E-state index in [9.17, 15) is 0 Å². The van der Waals surface area contributed by atoms with Crippen LogP contribution in [0.3, 0.4) is 0 Å². The van der Waals surface area contributed by atoms with Crippen molar-refractivity contribution >= 4 is 10.9 Å². The van der Waals surface area contributed by atoms with Crippen molar-refractivity contribution in [3.05, 3.63) is 30.0 Å². The molecular formula is C16H23N3. The Balaban J connectivity index is 1.90. The molecule has 1 aliphatic rings. The molecule has 0 bridgehead atoms. The summed E-state index contributed by atoms with van der Waals surface area (Å²) in [6.07, 6.45) is 4.55. The summed E-state index contributed by atoms with van der Waals surface area (Å²) < 4.78 is 2.09. The second kappa shape index (κ2) is 4.97. The Morgan fingerprint density at radius 3 is 2.84 bits per heavy atom. The highest BCUT2D eigenvalue weighted by atomic mass is 15.3. The lowest BCUT2D eigenvalue weighted by atomic mass is 9.92. The lowest BCUT2D eigenvalue weighted by Crippen LogP contribution is -2.31. The summed E-state index contributed by atoms with van der Waals surface area (Å²) in [5.41, 5.74) is 2.64. The van der Waals surface area contributed by atoms with Crippen LogP contribution >= 0.6 is 0 Å². The molecule has 1 aliphatic heterocycles. The van der Waals surface area contributed by atoms with Crippen LogP contribution < -0.4 is 5.32 Å². The van der Waals surface area contributed by atoms with Gasteiger partial charge in [-0.3, -0.25) is 4.68 Å². The van der Waals surface area contributed by atoms with Gasteiger partial charge in [0.2, 0.25) is 0 Å². The van der Waals surface area contributed by atoms with E-state index in [0.29, 0.717) is 12.1 Å². The van der Waals surface area contributed by atoms with Crippen LogP contribution in [0.15, 0.2) is 24.4 Å². The van der Waals surface area contributed by atoms with Crippen LogP contribution in [0.4, 0.5) is 0 Å². The molecule has 0 amide bonds. The van der Waals surface area contributed by atoms with Gasteiger partial charge in [0, 0.05) is 17.5 Å². The molecule has 0 unspecified atom stereocenters. The molecule has 3 rings (SSSR count). The molecule has 3 heteroatoms. The van der Waals surface area contributed by atoms with Gasteiger partial charge < -0.3 is 5.32 Å². The summed E-state index contributed by atoms with van der Waals surface area (Å²) in [5.74, 6) is 0.809. The van der Waals surface area contributed by atoms with E-state index in [-0.39, 0.29) is 0 Å². The number of hydrogen-bond donors (Lipinski definition) is 1. The molecule has 102 valence electrons. The van der Waals surface area contributed by atoms with E-state index in [2.05, 4.69) is 54.1 Å². The van der Waals surface area contributed by atoms with Crippen molar-refractivity contribution in [2.24, 2.45) is 5.92 Å².